The molecular formula is C19H23N5O6S. The molecule has 1 aromatic carbocycles. The predicted molar refractivity (Wildman–Crippen MR) is 114 cm³/mol. The fourth-order valence-corrected chi connectivity index (χ4v) is 3.90. The van der Waals surface area contributed by atoms with Crippen LogP contribution in [0.15, 0.2) is 34.5 Å². The van der Waals surface area contributed by atoms with E-state index >= 15 is 0 Å². The van der Waals surface area contributed by atoms with Crippen molar-refractivity contribution in [3.63, 3.8) is 0 Å². The van der Waals surface area contributed by atoms with Gasteiger partial charge in [-0.2, -0.15) is 13.5 Å². The van der Waals surface area contributed by atoms with Crippen LogP contribution >= 0.6 is 0 Å². The van der Waals surface area contributed by atoms with Gasteiger partial charge in [0.2, 0.25) is 5.75 Å². The van der Waals surface area contributed by atoms with E-state index in [4.69, 9.17) is 14.2 Å². The molecule has 0 unspecified atom stereocenters. The Morgan fingerprint density at radius 1 is 1.06 bits per heavy atom. The number of nitrogens with zero attached hydrogens (tertiary/aromatic N) is 4. The molecule has 1 aromatic heterocycles. The third kappa shape index (κ3) is 4.06. The van der Waals surface area contributed by atoms with E-state index in [1.165, 1.54) is 52.8 Å². The van der Waals surface area contributed by atoms with Gasteiger partial charge in [-0.3, -0.25) is 9.48 Å². The summed E-state index contributed by atoms with van der Waals surface area (Å²) >= 11 is 0. The van der Waals surface area contributed by atoms with Crippen molar-refractivity contribution in [3.8, 4) is 17.2 Å². The number of methoxy groups -OCH3 is 3. The van der Waals surface area contributed by atoms with Gasteiger partial charge in [-0.1, -0.05) is 0 Å². The van der Waals surface area contributed by atoms with Crippen LogP contribution in [0.5, 0.6) is 17.2 Å². The third-order valence-electron chi connectivity index (χ3n) is 4.84. The summed E-state index contributed by atoms with van der Waals surface area (Å²) in [6.07, 6.45) is 2.90. The highest BCUT2D eigenvalue weighted by atomic mass is 32.2. The lowest BCUT2D eigenvalue weighted by molar-refractivity contribution is -0.113. The summed E-state index contributed by atoms with van der Waals surface area (Å²) in [6, 6.07) is 3.08. The Morgan fingerprint density at radius 3 is 2.16 bits per heavy atom. The van der Waals surface area contributed by atoms with Crippen molar-refractivity contribution in [3.05, 3.63) is 41.4 Å². The van der Waals surface area contributed by atoms with Crippen molar-refractivity contribution in [2.45, 2.75) is 6.92 Å². The van der Waals surface area contributed by atoms with Crippen molar-refractivity contribution in [1.82, 2.24) is 14.1 Å². The lowest BCUT2D eigenvalue weighted by Gasteiger charge is -2.23. The number of benzene rings is 1. The lowest BCUT2D eigenvalue weighted by Crippen LogP contribution is -2.35. The number of likely N-dealkylation sites (N-methyl/N-ethyl adjacent to an activating group) is 1. The molecule has 0 atom stereocenters. The van der Waals surface area contributed by atoms with Gasteiger partial charge in [0.15, 0.2) is 11.5 Å². The summed E-state index contributed by atoms with van der Waals surface area (Å²) in [6.45, 7) is 1.78. The largest absolute Gasteiger partial charge is 0.493 e. The van der Waals surface area contributed by atoms with E-state index in [0.29, 0.717) is 34.2 Å². The summed E-state index contributed by atoms with van der Waals surface area (Å²) in [5.74, 6) is 0.378. The molecule has 2 heterocycles. The highest BCUT2D eigenvalue weighted by Gasteiger charge is 2.31. The van der Waals surface area contributed by atoms with Gasteiger partial charge < -0.3 is 19.5 Å². The Morgan fingerprint density at radius 2 is 1.68 bits per heavy atom. The first-order chi connectivity index (χ1) is 14.6. The Labute approximate surface area is 180 Å². The number of aryl methyl sites for hydroxylation is 1. The fourth-order valence-electron chi connectivity index (χ4n) is 2.99. The van der Waals surface area contributed by atoms with Crippen molar-refractivity contribution < 1.29 is 27.4 Å². The minimum atomic E-state index is -4.10. The molecule has 0 radical (unpaired) electrons. The highest BCUT2D eigenvalue weighted by Crippen LogP contribution is 2.40. The van der Waals surface area contributed by atoms with E-state index in [0.717, 1.165) is 4.31 Å². The number of carbonyl (C=O) groups excluding carboxylic acids is 1. The minimum Gasteiger partial charge on any atom is -0.493 e. The molecule has 0 aliphatic carbocycles. The first kappa shape index (κ1) is 22.2. The van der Waals surface area contributed by atoms with Gasteiger partial charge in [0.05, 0.1) is 33.2 Å². The molecule has 31 heavy (non-hydrogen) atoms. The summed E-state index contributed by atoms with van der Waals surface area (Å²) < 4.78 is 47.2. The number of amides is 1. The average molecular weight is 449 g/mol. The molecule has 11 nitrogen and oxygen atoms in total. The number of aromatic nitrogens is 2. The second-order valence-corrected chi connectivity index (χ2v) is 8.21. The normalized spacial score (nSPS) is 15.1. The van der Waals surface area contributed by atoms with Crippen LogP contribution in [0.2, 0.25) is 0 Å². The van der Waals surface area contributed by atoms with E-state index in [-0.39, 0.29) is 11.4 Å². The lowest BCUT2D eigenvalue weighted by atomic mass is 10.1. The van der Waals surface area contributed by atoms with Gasteiger partial charge in [-0.05, 0) is 13.0 Å². The van der Waals surface area contributed by atoms with Crippen molar-refractivity contribution in [2.75, 3.05) is 33.7 Å². The van der Waals surface area contributed by atoms with Crippen LogP contribution in [0.1, 0.15) is 11.3 Å². The van der Waals surface area contributed by atoms with Crippen LogP contribution in [-0.2, 0) is 22.1 Å². The zero-order valence-electron chi connectivity index (χ0n) is 18.0. The van der Waals surface area contributed by atoms with Crippen LogP contribution in [0.3, 0.4) is 0 Å². The topological polar surface area (TPSA) is 124 Å². The number of hydrogen-bond donors (Lipinski definition) is 1. The van der Waals surface area contributed by atoms with E-state index in [1.807, 2.05) is 0 Å². The number of rotatable bonds is 6. The summed E-state index contributed by atoms with van der Waals surface area (Å²) in [5, 5.41) is 6.78. The molecule has 1 aliphatic rings. The Balaban J connectivity index is 2.00. The molecule has 0 saturated carbocycles. The van der Waals surface area contributed by atoms with Crippen LogP contribution in [-0.4, -0.2) is 62.5 Å². The highest BCUT2D eigenvalue weighted by molar-refractivity contribution is 7.88. The van der Waals surface area contributed by atoms with Crippen molar-refractivity contribution in [2.24, 2.45) is 11.4 Å². The Kier molecular flexibility index (Phi) is 5.93. The molecular weight excluding hydrogens is 426 g/mol. The molecule has 166 valence electrons. The minimum absolute atomic E-state index is 0.109. The summed E-state index contributed by atoms with van der Waals surface area (Å²) in [5.41, 5.74) is 1.56. The maximum atomic E-state index is 13.0. The quantitative estimate of drug-likeness (QED) is 0.704. The average Bonchev–Trinajstić information content (AvgIpc) is 3.07. The van der Waals surface area contributed by atoms with Gasteiger partial charge >= 0.3 is 10.2 Å². The molecule has 12 heteroatoms. The second kappa shape index (κ2) is 8.30. The predicted octanol–water partition coefficient (Wildman–Crippen LogP) is 1.26. The summed E-state index contributed by atoms with van der Waals surface area (Å²) in [4.78, 5) is 13.0. The molecule has 3 rings (SSSR count). The molecule has 2 aromatic rings. The standard InChI is InChI=1S/C19H23N5O6S/c1-11-13(10-20-23(11)2)14-9-15(24(3)31(26,27)22-14)19(25)21-12-7-16(28-4)18(30-6)17(8-12)29-5/h7-10H,1-6H3,(H,21,25). The smallest absolute Gasteiger partial charge is 0.345 e. The monoisotopic (exact) mass is 449 g/mol. The number of allylic oxidation sites excluding steroid dienone is 1. The molecule has 0 saturated heterocycles. The second-order valence-electron chi connectivity index (χ2n) is 6.59. The molecule has 1 amide bonds. The Hall–Kier alpha value is -3.54. The number of ether oxygens (including phenoxy) is 3. The number of nitrogens with one attached hydrogen (secondary N) is 1. The SMILES string of the molecule is COc1cc(NC(=O)C2=CC(c3cnn(C)c3C)=NS(=O)(=O)N2C)cc(OC)c1OC. The van der Waals surface area contributed by atoms with Gasteiger partial charge in [0.25, 0.3) is 5.91 Å². The van der Waals surface area contributed by atoms with E-state index in [2.05, 4.69) is 14.8 Å². The van der Waals surface area contributed by atoms with Crippen LogP contribution in [0, 0.1) is 6.92 Å². The van der Waals surface area contributed by atoms with Crippen molar-refractivity contribution >= 4 is 27.5 Å². The van der Waals surface area contributed by atoms with Gasteiger partial charge in [-0.15, -0.1) is 4.40 Å². The number of carbonyl (C=O) groups is 1. The van der Waals surface area contributed by atoms with Gasteiger partial charge in [0, 0.05) is 43.2 Å². The summed E-state index contributed by atoms with van der Waals surface area (Å²) in [7, 11) is 3.25. The maximum absolute atomic E-state index is 13.0. The van der Waals surface area contributed by atoms with Crippen LogP contribution in [0.25, 0.3) is 0 Å². The van der Waals surface area contributed by atoms with Gasteiger partial charge in [0.1, 0.15) is 5.70 Å². The third-order valence-corrected chi connectivity index (χ3v) is 6.16. The van der Waals surface area contributed by atoms with Crippen molar-refractivity contribution in [1.29, 1.82) is 0 Å². The molecule has 0 fully saturated rings. The first-order valence-electron chi connectivity index (χ1n) is 9.03. The van der Waals surface area contributed by atoms with Gasteiger partial charge in [-0.25, -0.2) is 4.31 Å². The molecule has 0 bridgehead atoms. The zero-order valence-corrected chi connectivity index (χ0v) is 18.8. The molecule has 1 N–H and O–H groups in total. The van der Waals surface area contributed by atoms with Crippen LogP contribution in [0.4, 0.5) is 5.69 Å². The number of hydrogen-bond acceptors (Lipinski definition) is 7. The first-order valence-corrected chi connectivity index (χ1v) is 10.4. The number of anilines is 1. The zero-order chi connectivity index (χ0) is 22.9. The fraction of sp³-hybridized carbons (Fsp3) is 0.316. The maximum Gasteiger partial charge on any atom is 0.345 e. The van der Waals surface area contributed by atoms with E-state index in [1.54, 1.807) is 18.7 Å². The van der Waals surface area contributed by atoms with E-state index in [9.17, 15) is 13.2 Å². The molecule has 1 aliphatic heterocycles. The van der Waals surface area contributed by atoms with E-state index < -0.39 is 16.1 Å². The van der Waals surface area contributed by atoms with Crippen LogP contribution < -0.4 is 19.5 Å². The molecule has 0 spiro atoms. The Bertz CT molecular complexity index is 1170.